The summed E-state index contributed by atoms with van der Waals surface area (Å²) in [6.45, 7) is 12.1. The fourth-order valence-electron chi connectivity index (χ4n) is 1.79. The molecule has 0 amide bonds. The molecule has 0 aromatic carbocycles. The van der Waals surface area contributed by atoms with E-state index < -0.39 is 0 Å². The van der Waals surface area contributed by atoms with Gasteiger partial charge in [0.15, 0.2) is 0 Å². The Labute approximate surface area is 93.5 Å². The molecule has 90 valence electrons. The first-order chi connectivity index (χ1) is 7.04. The predicted molar refractivity (Wildman–Crippen MR) is 62.1 cm³/mol. The van der Waals surface area contributed by atoms with Crippen LogP contribution < -0.4 is 5.32 Å². The van der Waals surface area contributed by atoms with Gasteiger partial charge in [-0.1, -0.05) is 13.8 Å². The van der Waals surface area contributed by atoms with E-state index in [0.29, 0.717) is 12.0 Å². The molecule has 0 spiro atoms. The van der Waals surface area contributed by atoms with Crippen LogP contribution in [0.3, 0.4) is 0 Å². The lowest BCUT2D eigenvalue weighted by molar-refractivity contribution is 0.0761. The third-order valence-corrected chi connectivity index (χ3v) is 3.11. The molecule has 0 aliphatic carbocycles. The molecular formula is C12H25NO2. The van der Waals surface area contributed by atoms with Gasteiger partial charge in [-0.2, -0.15) is 0 Å². The Morgan fingerprint density at radius 1 is 1.53 bits per heavy atom. The van der Waals surface area contributed by atoms with E-state index in [1.54, 1.807) is 0 Å². The first-order valence-corrected chi connectivity index (χ1v) is 5.99. The Kier molecular flexibility index (Phi) is 5.03. The van der Waals surface area contributed by atoms with Gasteiger partial charge >= 0.3 is 0 Å². The Hall–Kier alpha value is -0.120. The SMILES string of the molecule is CC(C)COCCNC1(C)CCOC1C. The largest absolute Gasteiger partial charge is 0.380 e. The third kappa shape index (κ3) is 4.09. The van der Waals surface area contributed by atoms with Crippen molar-refractivity contribution in [2.75, 3.05) is 26.4 Å². The molecule has 1 rings (SSSR count). The van der Waals surface area contributed by atoms with Crippen molar-refractivity contribution in [2.45, 2.75) is 45.8 Å². The predicted octanol–water partition coefficient (Wildman–Crippen LogP) is 1.82. The van der Waals surface area contributed by atoms with Gasteiger partial charge in [-0.15, -0.1) is 0 Å². The number of hydrogen-bond donors (Lipinski definition) is 1. The van der Waals surface area contributed by atoms with E-state index in [4.69, 9.17) is 9.47 Å². The molecule has 1 aliphatic heterocycles. The molecule has 2 unspecified atom stereocenters. The first kappa shape index (κ1) is 12.9. The lowest BCUT2D eigenvalue weighted by atomic mass is 9.95. The number of nitrogens with one attached hydrogen (secondary N) is 1. The van der Waals surface area contributed by atoms with Crippen molar-refractivity contribution in [3.8, 4) is 0 Å². The van der Waals surface area contributed by atoms with Crippen molar-refractivity contribution >= 4 is 0 Å². The zero-order chi connectivity index (χ0) is 11.3. The summed E-state index contributed by atoms with van der Waals surface area (Å²) in [5.74, 6) is 0.620. The molecule has 1 heterocycles. The highest BCUT2D eigenvalue weighted by Gasteiger charge is 2.35. The molecule has 0 aromatic rings. The molecular weight excluding hydrogens is 190 g/mol. The van der Waals surface area contributed by atoms with Crippen LogP contribution in [0.15, 0.2) is 0 Å². The summed E-state index contributed by atoms with van der Waals surface area (Å²) in [5.41, 5.74) is 0.140. The lowest BCUT2D eigenvalue weighted by Crippen LogP contribution is -2.48. The molecule has 0 radical (unpaired) electrons. The average Bonchev–Trinajstić information content (AvgIpc) is 2.46. The summed E-state index contributed by atoms with van der Waals surface area (Å²) >= 11 is 0. The van der Waals surface area contributed by atoms with Gasteiger partial charge in [0.25, 0.3) is 0 Å². The molecule has 0 aromatic heterocycles. The van der Waals surface area contributed by atoms with Crippen molar-refractivity contribution in [3.63, 3.8) is 0 Å². The van der Waals surface area contributed by atoms with E-state index >= 15 is 0 Å². The second-order valence-electron chi connectivity index (χ2n) is 5.08. The van der Waals surface area contributed by atoms with Crippen molar-refractivity contribution in [2.24, 2.45) is 5.92 Å². The van der Waals surface area contributed by atoms with Gasteiger partial charge in [0.1, 0.15) is 0 Å². The van der Waals surface area contributed by atoms with Crippen LogP contribution in [0.1, 0.15) is 34.1 Å². The van der Waals surface area contributed by atoms with E-state index in [9.17, 15) is 0 Å². The average molecular weight is 215 g/mol. The Bertz CT molecular complexity index is 184. The molecule has 15 heavy (non-hydrogen) atoms. The quantitative estimate of drug-likeness (QED) is 0.686. The molecule has 0 saturated carbocycles. The van der Waals surface area contributed by atoms with Crippen molar-refractivity contribution in [1.82, 2.24) is 5.32 Å². The van der Waals surface area contributed by atoms with Crippen molar-refractivity contribution < 1.29 is 9.47 Å². The highest BCUT2D eigenvalue weighted by Crippen LogP contribution is 2.24. The van der Waals surface area contributed by atoms with Crippen LogP contribution in [0.5, 0.6) is 0 Å². The Balaban J connectivity index is 2.09. The van der Waals surface area contributed by atoms with Crippen LogP contribution in [0, 0.1) is 5.92 Å². The smallest absolute Gasteiger partial charge is 0.0726 e. The minimum atomic E-state index is 0.140. The minimum absolute atomic E-state index is 0.140. The molecule has 1 aliphatic rings. The van der Waals surface area contributed by atoms with Crippen LogP contribution in [0.25, 0.3) is 0 Å². The number of hydrogen-bond acceptors (Lipinski definition) is 3. The maximum absolute atomic E-state index is 5.56. The molecule has 3 nitrogen and oxygen atoms in total. The maximum atomic E-state index is 5.56. The maximum Gasteiger partial charge on any atom is 0.0726 e. The van der Waals surface area contributed by atoms with Gasteiger partial charge in [-0.25, -0.2) is 0 Å². The second-order valence-corrected chi connectivity index (χ2v) is 5.08. The van der Waals surface area contributed by atoms with Gasteiger partial charge < -0.3 is 14.8 Å². The van der Waals surface area contributed by atoms with E-state index in [0.717, 1.165) is 32.8 Å². The summed E-state index contributed by atoms with van der Waals surface area (Å²) in [7, 11) is 0. The van der Waals surface area contributed by atoms with Crippen LogP contribution in [-0.2, 0) is 9.47 Å². The van der Waals surface area contributed by atoms with E-state index in [1.807, 2.05) is 0 Å². The molecule has 0 bridgehead atoms. The van der Waals surface area contributed by atoms with Crippen molar-refractivity contribution in [3.05, 3.63) is 0 Å². The highest BCUT2D eigenvalue weighted by atomic mass is 16.5. The van der Waals surface area contributed by atoms with Crippen LogP contribution in [0.2, 0.25) is 0 Å². The Morgan fingerprint density at radius 2 is 2.27 bits per heavy atom. The van der Waals surface area contributed by atoms with Gasteiger partial charge in [0.05, 0.1) is 12.7 Å². The van der Waals surface area contributed by atoms with E-state index in [1.165, 1.54) is 0 Å². The van der Waals surface area contributed by atoms with Gasteiger partial charge in [0, 0.05) is 25.3 Å². The summed E-state index contributed by atoms with van der Waals surface area (Å²) in [6.07, 6.45) is 1.40. The minimum Gasteiger partial charge on any atom is -0.380 e. The fourth-order valence-corrected chi connectivity index (χ4v) is 1.79. The summed E-state index contributed by atoms with van der Waals surface area (Å²) in [5, 5.41) is 3.53. The lowest BCUT2D eigenvalue weighted by Gasteiger charge is -2.29. The summed E-state index contributed by atoms with van der Waals surface area (Å²) in [4.78, 5) is 0. The fraction of sp³-hybridized carbons (Fsp3) is 1.00. The van der Waals surface area contributed by atoms with Crippen LogP contribution in [0.4, 0.5) is 0 Å². The molecule has 3 heteroatoms. The van der Waals surface area contributed by atoms with Gasteiger partial charge in [-0.05, 0) is 26.2 Å². The second kappa shape index (κ2) is 5.83. The number of rotatable bonds is 6. The zero-order valence-electron chi connectivity index (χ0n) is 10.5. The van der Waals surface area contributed by atoms with Gasteiger partial charge in [-0.3, -0.25) is 0 Å². The van der Waals surface area contributed by atoms with Crippen molar-refractivity contribution in [1.29, 1.82) is 0 Å². The summed E-state index contributed by atoms with van der Waals surface area (Å²) in [6, 6.07) is 0. The third-order valence-electron chi connectivity index (χ3n) is 3.11. The zero-order valence-corrected chi connectivity index (χ0v) is 10.5. The standard InChI is InChI=1S/C12H25NO2/c1-10(2)9-14-8-6-13-12(4)5-7-15-11(12)3/h10-11,13H,5-9H2,1-4H3. The molecule has 1 fully saturated rings. The summed E-state index contributed by atoms with van der Waals surface area (Å²) < 4.78 is 11.1. The van der Waals surface area contributed by atoms with Crippen LogP contribution >= 0.6 is 0 Å². The molecule has 1 saturated heterocycles. The molecule has 2 atom stereocenters. The highest BCUT2D eigenvalue weighted by molar-refractivity contribution is 4.93. The normalized spacial score (nSPS) is 31.4. The Morgan fingerprint density at radius 3 is 2.80 bits per heavy atom. The first-order valence-electron chi connectivity index (χ1n) is 5.99. The van der Waals surface area contributed by atoms with Gasteiger partial charge in [0.2, 0.25) is 0 Å². The monoisotopic (exact) mass is 215 g/mol. The van der Waals surface area contributed by atoms with Crippen LogP contribution in [-0.4, -0.2) is 38.0 Å². The number of ether oxygens (including phenoxy) is 2. The molecule has 1 N–H and O–H groups in total. The van der Waals surface area contributed by atoms with E-state index in [-0.39, 0.29) is 5.54 Å². The van der Waals surface area contributed by atoms with E-state index in [2.05, 4.69) is 33.0 Å². The topological polar surface area (TPSA) is 30.5 Å².